The third-order valence-electron chi connectivity index (χ3n) is 2.72. The van der Waals surface area contributed by atoms with Crippen molar-refractivity contribution in [2.45, 2.75) is 24.3 Å². The topological polar surface area (TPSA) is 92.7 Å². The maximum atomic E-state index is 12.1. The average Bonchev–Trinajstić information content (AvgIpc) is 2.36. The standard InChI is InChI=1S/C12H16ClNO5S/c1-12(2,19-3)7-14-20(17,18)8-4-5-9(11(15)16)10(13)6-8/h4-6,14H,7H2,1-3H3,(H,15,16). The zero-order valence-corrected chi connectivity index (χ0v) is 12.9. The quantitative estimate of drug-likeness (QED) is 0.832. The minimum Gasteiger partial charge on any atom is -0.478 e. The number of halogens is 1. The van der Waals surface area contributed by atoms with Gasteiger partial charge >= 0.3 is 5.97 Å². The summed E-state index contributed by atoms with van der Waals surface area (Å²) in [4.78, 5) is 10.7. The molecule has 0 fully saturated rings. The number of carboxylic acids is 1. The van der Waals surface area contributed by atoms with E-state index in [1.165, 1.54) is 13.2 Å². The molecule has 0 aliphatic heterocycles. The molecule has 0 aliphatic rings. The summed E-state index contributed by atoms with van der Waals surface area (Å²) in [5, 5.41) is 8.70. The van der Waals surface area contributed by atoms with Crippen LogP contribution in [0, 0.1) is 0 Å². The van der Waals surface area contributed by atoms with E-state index < -0.39 is 21.6 Å². The summed E-state index contributed by atoms with van der Waals surface area (Å²) >= 11 is 5.75. The molecule has 0 atom stereocenters. The van der Waals surface area contributed by atoms with Crippen molar-refractivity contribution in [2.24, 2.45) is 0 Å². The molecular formula is C12H16ClNO5S. The lowest BCUT2D eigenvalue weighted by Gasteiger charge is -2.23. The van der Waals surface area contributed by atoms with Gasteiger partial charge in [0.25, 0.3) is 0 Å². The molecule has 0 aliphatic carbocycles. The average molecular weight is 322 g/mol. The number of carboxylic acid groups (broad SMARTS) is 1. The molecule has 20 heavy (non-hydrogen) atoms. The van der Waals surface area contributed by atoms with Crippen LogP contribution in [0.15, 0.2) is 23.1 Å². The van der Waals surface area contributed by atoms with E-state index in [0.717, 1.165) is 12.1 Å². The maximum Gasteiger partial charge on any atom is 0.337 e. The third kappa shape index (κ3) is 4.17. The van der Waals surface area contributed by atoms with E-state index in [9.17, 15) is 13.2 Å². The Morgan fingerprint density at radius 2 is 2.05 bits per heavy atom. The molecular weight excluding hydrogens is 306 g/mol. The van der Waals surface area contributed by atoms with Crippen LogP contribution in [0.5, 0.6) is 0 Å². The number of ether oxygens (including phenoxy) is 1. The molecule has 2 N–H and O–H groups in total. The van der Waals surface area contributed by atoms with Crippen LogP contribution in [-0.2, 0) is 14.8 Å². The van der Waals surface area contributed by atoms with Gasteiger partial charge in [-0.1, -0.05) is 11.6 Å². The van der Waals surface area contributed by atoms with Crippen molar-refractivity contribution in [1.29, 1.82) is 0 Å². The van der Waals surface area contributed by atoms with Crippen molar-refractivity contribution in [3.63, 3.8) is 0 Å². The Labute approximate surface area is 122 Å². The molecule has 0 saturated heterocycles. The predicted octanol–water partition coefficient (Wildman–Crippen LogP) is 1.74. The number of benzene rings is 1. The lowest BCUT2D eigenvalue weighted by Crippen LogP contribution is -2.39. The minimum atomic E-state index is -3.78. The number of hydrogen-bond donors (Lipinski definition) is 2. The van der Waals surface area contributed by atoms with Crippen LogP contribution < -0.4 is 4.72 Å². The molecule has 0 radical (unpaired) electrons. The molecule has 0 heterocycles. The maximum absolute atomic E-state index is 12.1. The Morgan fingerprint density at radius 1 is 1.45 bits per heavy atom. The molecule has 6 nitrogen and oxygen atoms in total. The van der Waals surface area contributed by atoms with E-state index >= 15 is 0 Å². The SMILES string of the molecule is COC(C)(C)CNS(=O)(=O)c1ccc(C(=O)O)c(Cl)c1. The first-order chi connectivity index (χ1) is 9.09. The highest BCUT2D eigenvalue weighted by atomic mass is 35.5. The highest BCUT2D eigenvalue weighted by Gasteiger charge is 2.22. The monoisotopic (exact) mass is 321 g/mol. The van der Waals surface area contributed by atoms with E-state index in [1.54, 1.807) is 13.8 Å². The van der Waals surface area contributed by atoms with E-state index in [4.69, 9.17) is 21.4 Å². The summed E-state index contributed by atoms with van der Waals surface area (Å²) < 4.78 is 31.6. The fourth-order valence-corrected chi connectivity index (χ4v) is 2.81. The number of carbonyl (C=O) groups is 1. The molecule has 1 aromatic rings. The Hall–Kier alpha value is -1.15. The van der Waals surface area contributed by atoms with E-state index in [1.807, 2.05) is 0 Å². The van der Waals surface area contributed by atoms with Crippen molar-refractivity contribution >= 4 is 27.6 Å². The molecule has 8 heteroatoms. The van der Waals surface area contributed by atoms with Gasteiger partial charge in [0.1, 0.15) is 0 Å². The van der Waals surface area contributed by atoms with Crippen molar-refractivity contribution in [1.82, 2.24) is 4.72 Å². The van der Waals surface area contributed by atoms with Crippen LogP contribution in [0.25, 0.3) is 0 Å². The predicted molar refractivity (Wildman–Crippen MR) is 74.7 cm³/mol. The second kappa shape index (κ2) is 6.09. The summed E-state index contributed by atoms with van der Waals surface area (Å²) in [5.41, 5.74) is -0.805. The number of sulfonamides is 1. The van der Waals surface area contributed by atoms with Gasteiger partial charge in [-0.25, -0.2) is 17.9 Å². The summed E-state index contributed by atoms with van der Waals surface area (Å²) in [6.07, 6.45) is 0. The summed E-state index contributed by atoms with van der Waals surface area (Å²) in [7, 11) is -2.30. The lowest BCUT2D eigenvalue weighted by molar-refractivity contribution is 0.0276. The van der Waals surface area contributed by atoms with E-state index in [0.29, 0.717) is 0 Å². The van der Waals surface area contributed by atoms with Gasteiger partial charge in [-0.05, 0) is 32.0 Å². The number of methoxy groups -OCH3 is 1. The number of aromatic carboxylic acids is 1. The van der Waals surface area contributed by atoms with E-state index in [2.05, 4.69) is 4.72 Å². The summed E-state index contributed by atoms with van der Waals surface area (Å²) in [6.45, 7) is 3.54. The Bertz CT molecular complexity index is 612. The first kappa shape index (κ1) is 16.9. The molecule has 112 valence electrons. The zero-order chi connectivity index (χ0) is 15.6. The fraction of sp³-hybridized carbons (Fsp3) is 0.417. The van der Waals surface area contributed by atoms with Gasteiger partial charge in [0.15, 0.2) is 0 Å². The smallest absolute Gasteiger partial charge is 0.337 e. The molecule has 1 rings (SSSR count). The number of nitrogens with one attached hydrogen (secondary N) is 1. The van der Waals surface area contributed by atoms with Gasteiger partial charge in [0.05, 0.1) is 21.1 Å². The largest absolute Gasteiger partial charge is 0.478 e. The highest BCUT2D eigenvalue weighted by Crippen LogP contribution is 2.21. The molecule has 0 amide bonds. The fourth-order valence-electron chi connectivity index (χ4n) is 1.26. The van der Waals surface area contributed by atoms with Crippen LogP contribution in [0.1, 0.15) is 24.2 Å². The van der Waals surface area contributed by atoms with Crippen LogP contribution in [0.4, 0.5) is 0 Å². The first-order valence-corrected chi connectivity index (χ1v) is 7.53. The molecule has 0 spiro atoms. The van der Waals surface area contributed by atoms with Crippen molar-refractivity contribution in [3.8, 4) is 0 Å². The number of hydrogen-bond acceptors (Lipinski definition) is 4. The van der Waals surface area contributed by atoms with Gasteiger partial charge in [-0.2, -0.15) is 0 Å². The molecule has 0 saturated carbocycles. The summed E-state index contributed by atoms with van der Waals surface area (Å²) in [5.74, 6) is -1.22. The van der Waals surface area contributed by atoms with Crippen molar-refractivity contribution in [2.75, 3.05) is 13.7 Å². The third-order valence-corrected chi connectivity index (χ3v) is 4.43. The summed E-state index contributed by atoms with van der Waals surface area (Å²) in [6, 6.07) is 3.45. The Morgan fingerprint density at radius 3 is 2.50 bits per heavy atom. The Balaban J connectivity index is 2.99. The normalized spacial score (nSPS) is 12.4. The van der Waals surface area contributed by atoms with Gasteiger partial charge in [0, 0.05) is 13.7 Å². The van der Waals surface area contributed by atoms with Crippen LogP contribution >= 0.6 is 11.6 Å². The second-order valence-corrected chi connectivity index (χ2v) is 6.91. The van der Waals surface area contributed by atoms with Crippen LogP contribution in [0.2, 0.25) is 5.02 Å². The molecule has 1 aromatic carbocycles. The molecule has 0 aromatic heterocycles. The van der Waals surface area contributed by atoms with E-state index in [-0.39, 0.29) is 22.0 Å². The highest BCUT2D eigenvalue weighted by molar-refractivity contribution is 7.89. The van der Waals surface area contributed by atoms with Crippen LogP contribution in [-0.4, -0.2) is 38.7 Å². The molecule has 0 bridgehead atoms. The Kier molecular flexibility index (Phi) is 5.15. The van der Waals surface area contributed by atoms with Crippen LogP contribution in [0.3, 0.4) is 0 Å². The second-order valence-electron chi connectivity index (χ2n) is 4.74. The van der Waals surface area contributed by atoms with Crippen molar-refractivity contribution in [3.05, 3.63) is 28.8 Å². The van der Waals surface area contributed by atoms with Crippen molar-refractivity contribution < 1.29 is 23.1 Å². The van der Waals surface area contributed by atoms with Gasteiger partial charge in [-0.3, -0.25) is 0 Å². The molecule has 0 unspecified atom stereocenters. The minimum absolute atomic E-state index is 0.0735. The zero-order valence-electron chi connectivity index (χ0n) is 11.3. The van der Waals surface area contributed by atoms with Gasteiger partial charge in [-0.15, -0.1) is 0 Å². The number of rotatable bonds is 6. The lowest BCUT2D eigenvalue weighted by atomic mass is 10.1. The first-order valence-electron chi connectivity index (χ1n) is 5.67. The van der Waals surface area contributed by atoms with Gasteiger partial charge in [0.2, 0.25) is 10.0 Å². The van der Waals surface area contributed by atoms with Gasteiger partial charge < -0.3 is 9.84 Å².